The van der Waals surface area contributed by atoms with Crippen LogP contribution in [0.2, 0.25) is 0 Å². The first kappa shape index (κ1) is 50.5. The maximum Gasteiger partial charge on any atom is 0.414 e. The number of hydrogen-bond acceptors (Lipinski definition) is 12. The number of methoxy groups -OCH3 is 2. The average Bonchev–Trinajstić information content (AvgIpc) is 3.91. The predicted molar refractivity (Wildman–Crippen MR) is 275 cm³/mol. The fourth-order valence-corrected chi connectivity index (χ4v) is 9.11. The second-order valence-electron chi connectivity index (χ2n) is 18.3. The third-order valence-corrected chi connectivity index (χ3v) is 13.1. The molecule has 0 spiro atoms. The van der Waals surface area contributed by atoms with Crippen LogP contribution < -0.4 is 50.0 Å². The SMILES string of the molecule is COc1cc2c(cc1OCCCCCOc1cc(N(CC3Cc4ccccc4N3C=O)C(=O)OCc3ccc(NC(=O)CNC(=O)C(N)C(C)C)cc3)c(C)cc1OC)N=C[C@@H]1Cc3ccccc3N1C2=O. The molecule has 17 nitrogen and oxygen atoms in total. The van der Waals surface area contributed by atoms with Gasteiger partial charge in [0.25, 0.3) is 5.91 Å². The van der Waals surface area contributed by atoms with Crippen molar-refractivity contribution in [3.05, 3.63) is 125 Å². The highest BCUT2D eigenvalue weighted by molar-refractivity contribution is 6.14. The van der Waals surface area contributed by atoms with E-state index in [1.807, 2.05) is 81.6 Å². The third-order valence-electron chi connectivity index (χ3n) is 13.1. The summed E-state index contributed by atoms with van der Waals surface area (Å²) >= 11 is 0. The zero-order valence-electron chi connectivity index (χ0n) is 41.2. The molecule has 3 heterocycles. The molecule has 4 N–H and O–H groups in total. The summed E-state index contributed by atoms with van der Waals surface area (Å²) in [6, 6.07) is 28.2. The van der Waals surface area contributed by atoms with Crippen LogP contribution in [0.4, 0.5) is 33.2 Å². The van der Waals surface area contributed by atoms with Crippen LogP contribution in [0.3, 0.4) is 0 Å². The average molecular weight is 980 g/mol. The molecular weight excluding hydrogens is 919 g/mol. The predicted octanol–water partition coefficient (Wildman–Crippen LogP) is 7.70. The Kier molecular flexibility index (Phi) is 16.0. The molecule has 5 aromatic carbocycles. The first-order valence-electron chi connectivity index (χ1n) is 24.2. The Balaban J connectivity index is 0.892. The largest absolute Gasteiger partial charge is 0.493 e. The van der Waals surface area contributed by atoms with Gasteiger partial charge in [-0.1, -0.05) is 62.4 Å². The number of aryl methyl sites for hydroxylation is 1. The Morgan fingerprint density at radius 2 is 1.49 bits per heavy atom. The van der Waals surface area contributed by atoms with Crippen LogP contribution in [0.25, 0.3) is 0 Å². The van der Waals surface area contributed by atoms with Gasteiger partial charge in [0, 0.05) is 41.8 Å². The van der Waals surface area contributed by atoms with E-state index in [1.165, 1.54) is 4.90 Å². The molecule has 0 aliphatic carbocycles. The summed E-state index contributed by atoms with van der Waals surface area (Å²) < 4.78 is 29.9. The van der Waals surface area contributed by atoms with Crippen LogP contribution in [0.5, 0.6) is 23.0 Å². The molecule has 0 saturated heterocycles. The fraction of sp³-hybridized carbons (Fsp3) is 0.345. The number of rotatable bonds is 21. The van der Waals surface area contributed by atoms with Crippen LogP contribution in [0.15, 0.2) is 102 Å². The Hall–Kier alpha value is -7.92. The van der Waals surface area contributed by atoms with Crippen molar-refractivity contribution in [2.45, 2.75) is 77.6 Å². The molecule has 376 valence electrons. The highest BCUT2D eigenvalue weighted by atomic mass is 16.6. The number of nitrogens with two attached hydrogens (primary N) is 1. The highest BCUT2D eigenvalue weighted by Gasteiger charge is 2.37. The van der Waals surface area contributed by atoms with E-state index >= 15 is 0 Å². The zero-order valence-corrected chi connectivity index (χ0v) is 41.2. The first-order chi connectivity index (χ1) is 34.9. The van der Waals surface area contributed by atoms with Gasteiger partial charge in [-0.15, -0.1) is 0 Å². The lowest BCUT2D eigenvalue weighted by atomic mass is 10.1. The van der Waals surface area contributed by atoms with E-state index in [2.05, 4.69) is 10.6 Å². The molecule has 5 amide bonds. The molecule has 3 aliphatic heterocycles. The number of carbonyl (C=O) groups excluding carboxylic acids is 5. The maximum atomic E-state index is 14.3. The lowest BCUT2D eigenvalue weighted by Crippen LogP contribution is -2.46. The zero-order chi connectivity index (χ0) is 50.9. The van der Waals surface area contributed by atoms with Crippen molar-refractivity contribution in [2.24, 2.45) is 16.6 Å². The van der Waals surface area contributed by atoms with E-state index in [4.69, 9.17) is 34.4 Å². The number of ether oxygens (including phenoxy) is 5. The standard InChI is InChI=1S/C55H61N7O10/c1-34(2)52(56)53(65)58-30-51(64)59-39-19-17-36(18-20-39)32-72-55(67)60(31-41-25-37-13-7-9-15-44(37)61(41)33-63)46-28-50(47(68-4)23-35(46)3)71-22-12-6-11-21-70-49-27-43-42(26-48(49)69-5)54(66)62-40(29-57-43)24-38-14-8-10-16-45(38)62/h7-10,13-20,23,26-29,33-34,40-41,52H,6,11-12,21-22,24-25,30-32,56H2,1-5H3,(H,58,65)(H,59,64)/t40-,41?,52?/m0/s1. The van der Waals surface area contributed by atoms with E-state index in [-0.39, 0.29) is 43.6 Å². The Morgan fingerprint density at radius 3 is 2.17 bits per heavy atom. The minimum atomic E-state index is -0.720. The molecule has 0 fully saturated rings. The summed E-state index contributed by atoms with van der Waals surface area (Å²) in [7, 11) is 3.11. The Morgan fingerprint density at radius 1 is 0.833 bits per heavy atom. The van der Waals surface area contributed by atoms with Crippen molar-refractivity contribution in [1.29, 1.82) is 0 Å². The summed E-state index contributed by atoms with van der Waals surface area (Å²) in [4.78, 5) is 75.0. The first-order valence-corrected chi connectivity index (χ1v) is 24.2. The molecule has 0 aromatic heterocycles. The highest BCUT2D eigenvalue weighted by Crippen LogP contribution is 2.42. The van der Waals surface area contributed by atoms with Gasteiger partial charge in [-0.05, 0) is 97.2 Å². The van der Waals surface area contributed by atoms with Gasteiger partial charge in [0.15, 0.2) is 23.0 Å². The van der Waals surface area contributed by atoms with Gasteiger partial charge in [-0.25, -0.2) is 4.79 Å². The number of para-hydroxylation sites is 2. The van der Waals surface area contributed by atoms with Crippen LogP contribution in [-0.2, 0) is 38.6 Å². The molecule has 3 atom stereocenters. The summed E-state index contributed by atoms with van der Waals surface area (Å²) in [5.74, 6) is 0.852. The molecule has 0 radical (unpaired) electrons. The number of anilines is 4. The monoisotopic (exact) mass is 979 g/mol. The second-order valence-corrected chi connectivity index (χ2v) is 18.3. The fourth-order valence-electron chi connectivity index (χ4n) is 9.11. The minimum absolute atomic E-state index is 0.0737. The summed E-state index contributed by atoms with van der Waals surface area (Å²) in [6.45, 7) is 6.05. The van der Waals surface area contributed by atoms with Crippen molar-refractivity contribution in [3.8, 4) is 23.0 Å². The van der Waals surface area contributed by atoms with E-state index in [1.54, 1.807) is 66.5 Å². The van der Waals surface area contributed by atoms with Gasteiger partial charge < -0.3 is 45.0 Å². The number of nitrogens with zero attached hydrogens (tertiary/aromatic N) is 4. The quantitative estimate of drug-likeness (QED) is 0.0480. The van der Waals surface area contributed by atoms with Crippen LogP contribution >= 0.6 is 0 Å². The second kappa shape index (κ2) is 22.9. The van der Waals surface area contributed by atoms with Crippen molar-refractivity contribution in [1.82, 2.24) is 5.32 Å². The molecule has 0 bridgehead atoms. The summed E-state index contributed by atoms with van der Waals surface area (Å²) in [6.07, 6.45) is 5.37. The van der Waals surface area contributed by atoms with E-state index in [9.17, 15) is 24.0 Å². The number of nitrogens with one attached hydrogen (secondary N) is 2. The molecule has 72 heavy (non-hydrogen) atoms. The molecule has 17 heteroatoms. The number of hydrogen-bond donors (Lipinski definition) is 3. The smallest absolute Gasteiger partial charge is 0.414 e. The summed E-state index contributed by atoms with van der Waals surface area (Å²) in [5, 5.41) is 5.29. The molecule has 8 rings (SSSR count). The summed E-state index contributed by atoms with van der Waals surface area (Å²) in [5.41, 5.74) is 13.1. The van der Waals surface area contributed by atoms with Gasteiger partial charge in [0.1, 0.15) is 6.61 Å². The lowest BCUT2D eigenvalue weighted by molar-refractivity contribution is -0.125. The van der Waals surface area contributed by atoms with Crippen molar-refractivity contribution < 1.29 is 47.7 Å². The minimum Gasteiger partial charge on any atom is -0.493 e. The van der Waals surface area contributed by atoms with E-state index in [0.29, 0.717) is 90.1 Å². The number of benzene rings is 5. The Bertz CT molecular complexity index is 2830. The molecule has 0 saturated carbocycles. The Labute approximate surface area is 419 Å². The van der Waals surface area contributed by atoms with E-state index < -0.39 is 23.9 Å². The number of amides is 5. The van der Waals surface area contributed by atoms with Gasteiger partial charge >= 0.3 is 6.09 Å². The van der Waals surface area contributed by atoms with Crippen LogP contribution in [0.1, 0.15) is 65.7 Å². The number of fused-ring (bicyclic) bond motifs is 5. The number of carbonyl (C=O) groups is 5. The number of unbranched alkanes of at least 4 members (excludes halogenated alkanes) is 2. The van der Waals surface area contributed by atoms with Crippen LogP contribution in [0, 0.1) is 12.8 Å². The lowest BCUT2D eigenvalue weighted by Gasteiger charge is -2.30. The molecule has 5 aromatic rings. The van der Waals surface area contributed by atoms with Gasteiger partial charge in [0.2, 0.25) is 18.2 Å². The van der Waals surface area contributed by atoms with E-state index in [0.717, 1.165) is 40.9 Å². The van der Waals surface area contributed by atoms with Crippen molar-refractivity contribution >= 4 is 64.9 Å². The molecule has 2 unspecified atom stereocenters. The normalized spacial score (nSPS) is 15.6. The van der Waals surface area contributed by atoms with Gasteiger partial charge in [-0.3, -0.25) is 34.0 Å². The van der Waals surface area contributed by atoms with Crippen molar-refractivity contribution in [2.75, 3.05) is 60.5 Å². The third kappa shape index (κ3) is 11.3. The maximum absolute atomic E-state index is 14.3. The number of aliphatic imine (C=N–C) groups is 1. The van der Waals surface area contributed by atoms with Crippen molar-refractivity contribution in [3.63, 3.8) is 0 Å². The van der Waals surface area contributed by atoms with Crippen LogP contribution in [-0.4, -0.2) is 95.1 Å². The topological polar surface area (TPSA) is 204 Å². The molecular formula is C55H61N7O10. The van der Waals surface area contributed by atoms with Gasteiger partial charge in [-0.2, -0.15) is 0 Å². The molecule has 3 aliphatic rings. The van der Waals surface area contributed by atoms with Gasteiger partial charge in [0.05, 0.1) is 75.6 Å².